The van der Waals surface area contributed by atoms with Gasteiger partial charge in [0.15, 0.2) is 0 Å². The Balaban J connectivity index is 2.33. The van der Waals surface area contributed by atoms with Crippen molar-refractivity contribution in [1.29, 1.82) is 0 Å². The smallest absolute Gasteiger partial charge is 0.478 e. The van der Waals surface area contributed by atoms with Gasteiger partial charge in [-0.2, -0.15) is 5.10 Å². The topological polar surface area (TPSA) is 64.4 Å². The predicted molar refractivity (Wildman–Crippen MR) is 62.3 cm³/mol. The van der Waals surface area contributed by atoms with Crippen molar-refractivity contribution >= 4 is 5.97 Å². The lowest BCUT2D eigenvalue weighted by Gasteiger charge is -2.08. The van der Waals surface area contributed by atoms with Gasteiger partial charge in [0.2, 0.25) is 0 Å². The molecule has 2 aromatic rings. The van der Waals surface area contributed by atoms with Gasteiger partial charge in [0.25, 0.3) is 0 Å². The first kappa shape index (κ1) is 13.9. The van der Waals surface area contributed by atoms with Crippen LogP contribution in [0.2, 0.25) is 0 Å². The molecule has 0 aliphatic carbocycles. The lowest BCUT2D eigenvalue weighted by Crippen LogP contribution is -2.16. The van der Waals surface area contributed by atoms with Gasteiger partial charge in [-0.05, 0) is 24.3 Å². The van der Waals surface area contributed by atoms with E-state index in [4.69, 9.17) is 5.11 Å². The number of nitrogens with zero attached hydrogens (tertiary/aromatic N) is 2. The Morgan fingerprint density at radius 1 is 1.30 bits per heavy atom. The highest BCUT2D eigenvalue weighted by atomic mass is 19.4. The maximum Gasteiger partial charge on any atom is 0.573 e. The number of halogens is 3. The summed E-state index contributed by atoms with van der Waals surface area (Å²) in [5.41, 5.74) is 0.535. The highest BCUT2D eigenvalue weighted by Crippen LogP contribution is 2.27. The maximum absolute atomic E-state index is 12.0. The average molecular weight is 286 g/mol. The second-order valence-electron chi connectivity index (χ2n) is 3.94. The summed E-state index contributed by atoms with van der Waals surface area (Å²) >= 11 is 0. The number of alkyl halides is 3. The Kier molecular flexibility index (Phi) is 3.39. The number of aromatic carboxylic acids is 1. The molecule has 0 amide bonds. The van der Waals surface area contributed by atoms with Crippen molar-refractivity contribution < 1.29 is 27.8 Å². The third-order valence-electron chi connectivity index (χ3n) is 2.42. The number of benzene rings is 1. The molecule has 0 aliphatic heterocycles. The average Bonchev–Trinajstić information content (AvgIpc) is 2.70. The van der Waals surface area contributed by atoms with Gasteiger partial charge < -0.3 is 9.84 Å². The van der Waals surface area contributed by atoms with Gasteiger partial charge in [-0.1, -0.05) is 0 Å². The van der Waals surface area contributed by atoms with E-state index in [9.17, 15) is 18.0 Å². The van der Waals surface area contributed by atoms with Gasteiger partial charge in [0, 0.05) is 18.8 Å². The zero-order valence-electron chi connectivity index (χ0n) is 10.2. The van der Waals surface area contributed by atoms with E-state index in [0.717, 1.165) is 12.1 Å². The molecule has 1 heterocycles. The summed E-state index contributed by atoms with van der Waals surface area (Å²) in [6, 6.07) is 4.83. The number of aromatic nitrogens is 2. The molecule has 2 rings (SSSR count). The van der Waals surface area contributed by atoms with E-state index in [-0.39, 0.29) is 17.0 Å². The van der Waals surface area contributed by atoms with Crippen molar-refractivity contribution in [2.75, 3.05) is 0 Å². The predicted octanol–water partition coefficient (Wildman–Crippen LogP) is 2.68. The van der Waals surface area contributed by atoms with E-state index in [1.807, 2.05) is 0 Å². The molecule has 0 saturated heterocycles. The summed E-state index contributed by atoms with van der Waals surface area (Å²) in [6.45, 7) is 0. The fourth-order valence-electron chi connectivity index (χ4n) is 1.67. The van der Waals surface area contributed by atoms with Crippen molar-refractivity contribution in [2.45, 2.75) is 6.36 Å². The molecule has 20 heavy (non-hydrogen) atoms. The molecule has 1 N–H and O–H groups in total. The van der Waals surface area contributed by atoms with E-state index >= 15 is 0 Å². The number of hydrogen-bond acceptors (Lipinski definition) is 3. The fourth-order valence-corrected chi connectivity index (χ4v) is 1.67. The molecule has 5 nitrogen and oxygen atoms in total. The van der Waals surface area contributed by atoms with Crippen LogP contribution in [0, 0.1) is 0 Å². The lowest BCUT2D eigenvalue weighted by molar-refractivity contribution is -0.274. The molecule has 0 bridgehead atoms. The SMILES string of the molecule is Cn1cc(C(=O)O)c(-c2ccc(OC(F)(F)F)cc2)n1. The summed E-state index contributed by atoms with van der Waals surface area (Å²) in [5.74, 6) is -1.54. The Bertz CT molecular complexity index is 632. The van der Waals surface area contributed by atoms with Gasteiger partial charge in [-0.3, -0.25) is 4.68 Å². The van der Waals surface area contributed by atoms with E-state index in [2.05, 4.69) is 9.84 Å². The van der Waals surface area contributed by atoms with Crippen molar-refractivity contribution in [2.24, 2.45) is 7.05 Å². The van der Waals surface area contributed by atoms with Crippen LogP contribution < -0.4 is 4.74 Å². The van der Waals surface area contributed by atoms with Crippen molar-refractivity contribution in [3.05, 3.63) is 36.0 Å². The van der Waals surface area contributed by atoms with Crippen LogP contribution >= 0.6 is 0 Å². The van der Waals surface area contributed by atoms with Crippen LogP contribution in [-0.4, -0.2) is 27.2 Å². The van der Waals surface area contributed by atoms with Crippen LogP contribution in [0.15, 0.2) is 30.5 Å². The molecule has 0 spiro atoms. The van der Waals surface area contributed by atoms with Crippen LogP contribution in [0.3, 0.4) is 0 Å². The lowest BCUT2D eigenvalue weighted by atomic mass is 10.1. The minimum absolute atomic E-state index is 0.0306. The van der Waals surface area contributed by atoms with Crippen LogP contribution in [-0.2, 0) is 7.05 Å². The number of ether oxygens (including phenoxy) is 1. The summed E-state index contributed by atoms with van der Waals surface area (Å²) < 4.78 is 41.1. The van der Waals surface area contributed by atoms with Crippen LogP contribution in [0.5, 0.6) is 5.75 Å². The summed E-state index contributed by atoms with van der Waals surface area (Å²) in [6.07, 6.45) is -3.45. The Hall–Kier alpha value is -2.51. The zero-order chi connectivity index (χ0) is 14.9. The molecule has 0 fully saturated rings. The van der Waals surface area contributed by atoms with Crippen molar-refractivity contribution in [3.63, 3.8) is 0 Å². The Morgan fingerprint density at radius 2 is 1.90 bits per heavy atom. The molecule has 1 aromatic heterocycles. The first-order valence-electron chi connectivity index (χ1n) is 5.39. The molecule has 8 heteroatoms. The summed E-state index contributed by atoms with van der Waals surface area (Å²) in [5, 5.41) is 13.0. The number of carbonyl (C=O) groups is 1. The summed E-state index contributed by atoms with van der Waals surface area (Å²) in [4.78, 5) is 11.0. The van der Waals surface area contributed by atoms with Crippen LogP contribution in [0.25, 0.3) is 11.3 Å². The van der Waals surface area contributed by atoms with Gasteiger partial charge in [0.05, 0.1) is 0 Å². The molecular weight excluding hydrogens is 277 g/mol. The summed E-state index contributed by atoms with van der Waals surface area (Å²) in [7, 11) is 1.55. The third-order valence-corrected chi connectivity index (χ3v) is 2.42. The van der Waals surface area contributed by atoms with Gasteiger partial charge in [0.1, 0.15) is 17.0 Å². The van der Waals surface area contributed by atoms with Gasteiger partial charge >= 0.3 is 12.3 Å². The Labute approximate surface area is 111 Å². The number of carboxylic acids is 1. The van der Waals surface area contributed by atoms with Crippen molar-refractivity contribution in [3.8, 4) is 17.0 Å². The monoisotopic (exact) mass is 286 g/mol. The normalized spacial score (nSPS) is 11.4. The fraction of sp³-hybridized carbons (Fsp3) is 0.167. The minimum atomic E-state index is -4.77. The number of hydrogen-bond donors (Lipinski definition) is 1. The van der Waals surface area contributed by atoms with Crippen molar-refractivity contribution in [1.82, 2.24) is 9.78 Å². The first-order valence-corrected chi connectivity index (χ1v) is 5.39. The van der Waals surface area contributed by atoms with Crippen LogP contribution in [0.4, 0.5) is 13.2 Å². The first-order chi connectivity index (χ1) is 9.26. The molecule has 1 aromatic carbocycles. The van der Waals surface area contributed by atoms with E-state index in [1.165, 1.54) is 23.0 Å². The molecular formula is C12H9F3N2O3. The number of aryl methyl sites for hydroxylation is 1. The van der Waals surface area contributed by atoms with Crippen LogP contribution in [0.1, 0.15) is 10.4 Å². The molecule has 0 radical (unpaired) electrons. The molecule has 0 saturated carbocycles. The largest absolute Gasteiger partial charge is 0.573 e. The molecule has 0 unspecified atom stereocenters. The standard InChI is InChI=1S/C12H9F3N2O3/c1-17-6-9(11(18)19)10(16-17)7-2-4-8(5-3-7)20-12(13,14)15/h2-6H,1H3,(H,18,19). The molecule has 0 aliphatic rings. The zero-order valence-corrected chi connectivity index (χ0v) is 10.2. The van der Waals surface area contributed by atoms with E-state index < -0.39 is 12.3 Å². The quantitative estimate of drug-likeness (QED) is 0.942. The molecule has 106 valence electrons. The maximum atomic E-state index is 12.0. The van der Waals surface area contributed by atoms with E-state index in [1.54, 1.807) is 7.05 Å². The third kappa shape index (κ3) is 3.08. The number of carboxylic acid groups (broad SMARTS) is 1. The highest BCUT2D eigenvalue weighted by molar-refractivity contribution is 5.94. The highest BCUT2D eigenvalue weighted by Gasteiger charge is 2.31. The molecule has 0 atom stereocenters. The van der Waals surface area contributed by atoms with Gasteiger partial charge in [-0.15, -0.1) is 13.2 Å². The van der Waals surface area contributed by atoms with E-state index in [0.29, 0.717) is 5.56 Å². The minimum Gasteiger partial charge on any atom is -0.478 e. The Morgan fingerprint density at radius 3 is 2.40 bits per heavy atom. The second-order valence-corrected chi connectivity index (χ2v) is 3.94. The second kappa shape index (κ2) is 4.87. The van der Waals surface area contributed by atoms with Gasteiger partial charge in [-0.25, -0.2) is 4.79 Å². The number of rotatable bonds is 3.